The molecule has 1 nitrogen and oxygen atoms in total. The molecule has 0 aromatic heterocycles. The van der Waals surface area contributed by atoms with Gasteiger partial charge in [-0.25, -0.2) is 0 Å². The van der Waals surface area contributed by atoms with Gasteiger partial charge in [0.2, 0.25) is 0 Å². The molecule has 0 spiro atoms. The predicted molar refractivity (Wildman–Crippen MR) is 265 cm³/mol. The highest BCUT2D eigenvalue weighted by Gasteiger charge is 2.26. The van der Waals surface area contributed by atoms with Crippen molar-refractivity contribution in [3.63, 3.8) is 0 Å². The lowest BCUT2D eigenvalue weighted by Gasteiger charge is -2.26. The minimum Gasteiger partial charge on any atom is -0.355 e. The zero-order valence-electron chi connectivity index (χ0n) is 34.4. The Hall–Kier alpha value is -8.00. The third kappa shape index (κ3) is 5.85. The van der Waals surface area contributed by atoms with Crippen LogP contribution >= 0.6 is 0 Å². The van der Waals surface area contributed by atoms with Gasteiger partial charge in [0, 0.05) is 16.9 Å². The second-order valence-corrected chi connectivity index (χ2v) is 16.5. The van der Waals surface area contributed by atoms with Gasteiger partial charge < -0.3 is 5.32 Å². The van der Waals surface area contributed by atoms with Gasteiger partial charge in [0.1, 0.15) is 0 Å². The number of rotatable bonds is 5. The Morgan fingerprint density at radius 1 is 0.258 bits per heavy atom. The van der Waals surface area contributed by atoms with Gasteiger partial charge in [-0.05, 0) is 160 Å². The van der Waals surface area contributed by atoms with E-state index < -0.39 is 0 Å². The normalized spacial score (nSPS) is 11.6. The Morgan fingerprint density at radius 2 is 0.694 bits per heavy atom. The van der Waals surface area contributed by atoms with Gasteiger partial charge in [-0.15, -0.1) is 0 Å². The Bertz CT molecular complexity index is 3520. The summed E-state index contributed by atoms with van der Waals surface area (Å²) >= 11 is 0. The van der Waals surface area contributed by atoms with Crippen LogP contribution in [0.25, 0.3) is 110 Å². The third-order valence-electron chi connectivity index (χ3n) is 13.0. The van der Waals surface area contributed by atoms with Crippen LogP contribution in [-0.4, -0.2) is 0 Å². The number of para-hydroxylation sites is 2. The van der Waals surface area contributed by atoms with E-state index in [1.165, 1.54) is 116 Å². The van der Waals surface area contributed by atoms with E-state index in [0.29, 0.717) is 0 Å². The quantitative estimate of drug-likeness (QED) is 0.171. The molecule has 0 amide bonds. The van der Waals surface area contributed by atoms with Crippen molar-refractivity contribution in [2.45, 2.75) is 6.92 Å². The van der Waals surface area contributed by atoms with Crippen LogP contribution in [0.5, 0.6) is 0 Å². The highest BCUT2D eigenvalue weighted by Crippen LogP contribution is 2.52. The topological polar surface area (TPSA) is 12.0 Å². The number of hydrogen-bond donors (Lipinski definition) is 1. The van der Waals surface area contributed by atoms with Crippen molar-refractivity contribution >= 4 is 43.7 Å². The van der Waals surface area contributed by atoms with Crippen molar-refractivity contribution in [3.8, 4) is 77.9 Å². The van der Waals surface area contributed by atoms with Gasteiger partial charge in [-0.2, -0.15) is 0 Å². The first-order valence-electron chi connectivity index (χ1n) is 21.5. The fraction of sp³-hybridized carbons (Fsp3) is 0.0164. The molecular formula is C61H41N. The molecule has 0 aliphatic heterocycles. The van der Waals surface area contributed by atoms with E-state index in [-0.39, 0.29) is 0 Å². The molecule has 0 fully saturated rings. The molecule has 1 heteroatoms. The molecule has 0 unspecified atom stereocenters. The van der Waals surface area contributed by atoms with Crippen molar-refractivity contribution in [2.24, 2.45) is 0 Å². The molecule has 0 heterocycles. The first kappa shape index (κ1) is 35.9. The first-order chi connectivity index (χ1) is 30.7. The molecule has 0 bridgehead atoms. The molecule has 0 saturated heterocycles. The Balaban J connectivity index is 1.16. The summed E-state index contributed by atoms with van der Waals surface area (Å²) in [5.74, 6) is 0. The lowest BCUT2D eigenvalue weighted by atomic mass is 9.77. The summed E-state index contributed by atoms with van der Waals surface area (Å²) < 4.78 is 0. The molecule has 0 radical (unpaired) electrons. The number of hydrogen-bond acceptors (Lipinski definition) is 1. The van der Waals surface area contributed by atoms with Gasteiger partial charge >= 0.3 is 0 Å². The van der Waals surface area contributed by atoms with Crippen molar-refractivity contribution in [1.29, 1.82) is 0 Å². The van der Waals surface area contributed by atoms with E-state index >= 15 is 0 Å². The molecular weight excluding hydrogens is 747 g/mol. The van der Waals surface area contributed by atoms with Crippen LogP contribution in [0, 0.1) is 6.92 Å². The van der Waals surface area contributed by atoms with Gasteiger partial charge in [0.25, 0.3) is 0 Å². The van der Waals surface area contributed by atoms with E-state index in [0.717, 1.165) is 11.4 Å². The number of aryl methyl sites for hydroxylation is 1. The van der Waals surface area contributed by atoms with E-state index in [2.05, 4.69) is 237 Å². The summed E-state index contributed by atoms with van der Waals surface area (Å²) in [6, 6.07) is 82.8. The summed E-state index contributed by atoms with van der Waals surface area (Å²) in [7, 11) is 0. The van der Waals surface area contributed by atoms with Crippen molar-refractivity contribution < 1.29 is 0 Å². The van der Waals surface area contributed by atoms with E-state index in [1.54, 1.807) is 0 Å². The van der Waals surface area contributed by atoms with Gasteiger partial charge in [0.15, 0.2) is 0 Å². The number of fused-ring (bicyclic) bond motifs is 14. The van der Waals surface area contributed by atoms with Crippen LogP contribution in [0.2, 0.25) is 0 Å². The van der Waals surface area contributed by atoms with E-state index in [9.17, 15) is 0 Å². The molecule has 0 atom stereocenters. The first-order valence-corrected chi connectivity index (χ1v) is 21.5. The molecule has 12 rings (SSSR count). The maximum absolute atomic E-state index is 3.72. The molecule has 1 N–H and O–H groups in total. The lowest BCUT2D eigenvalue weighted by molar-refractivity contribution is 1.44. The largest absolute Gasteiger partial charge is 0.355 e. The number of benzene rings is 11. The molecule has 11 aromatic rings. The van der Waals surface area contributed by atoms with Gasteiger partial charge in [-0.1, -0.05) is 182 Å². The van der Waals surface area contributed by atoms with Crippen LogP contribution in [-0.2, 0) is 0 Å². The molecule has 1 aliphatic carbocycles. The molecule has 0 saturated carbocycles. The fourth-order valence-corrected chi connectivity index (χ4v) is 10.1. The highest BCUT2D eigenvalue weighted by molar-refractivity contribution is 6.26. The van der Waals surface area contributed by atoms with Crippen molar-refractivity contribution in [3.05, 3.63) is 230 Å². The summed E-state index contributed by atoms with van der Waals surface area (Å²) in [4.78, 5) is 0. The molecule has 1 aliphatic rings. The second kappa shape index (κ2) is 14.6. The Labute approximate surface area is 362 Å². The van der Waals surface area contributed by atoms with Crippen molar-refractivity contribution in [1.82, 2.24) is 0 Å². The standard InChI is InChI=1S/C61H41N/c1-39-31-32-41(36-56(39)54-28-15-16-30-60(54)62-43-17-3-2-4-18-43)57-37-42(40-33-34-53-49-24-8-6-20-45(49)47-22-9-11-26-51(47)58(53)35-40)38-59-52-27-12-10-23-48(52)44-19-5-7-21-46(44)50-25-13-14-29-55(50)61(57)59/h2-38,62H,1H3. The summed E-state index contributed by atoms with van der Waals surface area (Å²) in [6.45, 7) is 2.23. The minimum atomic E-state index is 1.06. The summed E-state index contributed by atoms with van der Waals surface area (Å²) in [6.07, 6.45) is 0. The number of anilines is 2. The minimum absolute atomic E-state index is 1.06. The summed E-state index contributed by atoms with van der Waals surface area (Å²) in [5, 5.41) is 11.4. The van der Waals surface area contributed by atoms with Crippen LogP contribution in [0.4, 0.5) is 11.4 Å². The van der Waals surface area contributed by atoms with Crippen LogP contribution in [0.1, 0.15) is 5.56 Å². The van der Waals surface area contributed by atoms with E-state index in [4.69, 9.17) is 0 Å². The van der Waals surface area contributed by atoms with E-state index in [1.807, 2.05) is 0 Å². The maximum Gasteiger partial charge on any atom is 0.0464 e. The fourth-order valence-electron chi connectivity index (χ4n) is 10.1. The average Bonchev–Trinajstić information content (AvgIpc) is 3.34. The molecule has 62 heavy (non-hydrogen) atoms. The van der Waals surface area contributed by atoms with Gasteiger partial charge in [-0.3, -0.25) is 0 Å². The molecule has 290 valence electrons. The Morgan fingerprint density at radius 3 is 1.32 bits per heavy atom. The zero-order chi connectivity index (χ0) is 41.1. The van der Waals surface area contributed by atoms with Gasteiger partial charge in [0.05, 0.1) is 0 Å². The maximum atomic E-state index is 3.72. The lowest BCUT2D eigenvalue weighted by Crippen LogP contribution is -2.00. The second-order valence-electron chi connectivity index (χ2n) is 16.5. The zero-order valence-corrected chi connectivity index (χ0v) is 34.4. The van der Waals surface area contributed by atoms with Crippen LogP contribution < -0.4 is 5.32 Å². The summed E-state index contributed by atoms with van der Waals surface area (Å²) in [5.41, 5.74) is 20.4. The van der Waals surface area contributed by atoms with Crippen LogP contribution in [0.15, 0.2) is 224 Å². The number of nitrogens with one attached hydrogen (secondary N) is 1. The Kier molecular flexibility index (Phi) is 8.47. The predicted octanol–water partition coefficient (Wildman–Crippen LogP) is 17.2. The average molecular weight is 788 g/mol. The monoisotopic (exact) mass is 787 g/mol. The molecule has 11 aromatic carbocycles. The highest BCUT2D eigenvalue weighted by atomic mass is 14.9. The SMILES string of the molecule is Cc1ccc(-c2cc(-c3ccc4c5ccccc5c5ccccc5c4c3)cc3c2-c2ccccc2-c2ccccc2-c2ccccc2-3)cc1-c1ccccc1Nc1ccccc1. The van der Waals surface area contributed by atoms with Crippen molar-refractivity contribution in [2.75, 3.05) is 5.32 Å². The smallest absolute Gasteiger partial charge is 0.0464 e. The third-order valence-corrected chi connectivity index (χ3v) is 13.0. The van der Waals surface area contributed by atoms with Crippen LogP contribution in [0.3, 0.4) is 0 Å².